The van der Waals surface area contributed by atoms with Gasteiger partial charge in [-0.1, -0.05) is 24.8 Å². The van der Waals surface area contributed by atoms with Crippen LogP contribution in [0.1, 0.15) is 59.2 Å². The molecule has 2 amide bonds. The average Bonchev–Trinajstić information content (AvgIpc) is 2.85. The summed E-state index contributed by atoms with van der Waals surface area (Å²) in [6.07, 6.45) is 5.67. The molecular weight excluding hydrogens is 474 g/mol. The lowest BCUT2D eigenvalue weighted by Gasteiger charge is -2.54. The van der Waals surface area contributed by atoms with Gasteiger partial charge in [-0.15, -0.1) is 0 Å². The second-order valence-corrected chi connectivity index (χ2v) is 11.9. The number of benzene rings is 2. The van der Waals surface area contributed by atoms with Gasteiger partial charge < -0.3 is 10.6 Å². The van der Waals surface area contributed by atoms with Crippen molar-refractivity contribution in [2.45, 2.75) is 68.8 Å². The van der Waals surface area contributed by atoms with Crippen molar-refractivity contribution in [1.82, 2.24) is 14.9 Å². The summed E-state index contributed by atoms with van der Waals surface area (Å²) in [7, 11) is -3.72. The van der Waals surface area contributed by atoms with Gasteiger partial charge >= 0.3 is 0 Å². The molecule has 0 radical (unpaired) electrons. The van der Waals surface area contributed by atoms with Crippen molar-refractivity contribution in [2.24, 2.45) is 0 Å². The fourth-order valence-corrected chi connectivity index (χ4v) is 7.10. The Hall–Kier alpha value is -2.97. The minimum atomic E-state index is -3.72. The zero-order valence-corrected chi connectivity index (χ0v) is 21.9. The quantitative estimate of drug-likeness (QED) is 0.531. The van der Waals surface area contributed by atoms with Crippen molar-refractivity contribution in [1.29, 1.82) is 0 Å². The molecule has 1 saturated carbocycles. The second-order valence-electron chi connectivity index (χ2n) is 10.0. The molecule has 1 spiro atoms. The van der Waals surface area contributed by atoms with Crippen LogP contribution in [0.4, 0.5) is 0 Å². The number of carbonyl (C=O) groups excluding carboxylic acids is 2. The Morgan fingerprint density at radius 1 is 1.11 bits per heavy atom. The summed E-state index contributed by atoms with van der Waals surface area (Å²) >= 11 is 0. The van der Waals surface area contributed by atoms with Gasteiger partial charge in [0.1, 0.15) is 0 Å². The highest BCUT2D eigenvalue weighted by atomic mass is 32.2. The molecule has 7 nitrogen and oxygen atoms in total. The lowest BCUT2D eigenvalue weighted by Crippen LogP contribution is -2.63. The van der Waals surface area contributed by atoms with Crippen LogP contribution in [0.2, 0.25) is 0 Å². The standard InChI is InChI=1S/C28H35N3O4S/c1-4-26(32)30-24-13-17-31(28(19-24)14-5-15-28)36(34,35)25-10-8-23(9-11-25)27(33)29-16-12-22-7-6-20(2)21(3)18-22/h4,6-11,18,24H,1,5,12-17,19H2,2-3H3,(H,29,33)(H,30,32). The molecule has 2 aromatic carbocycles. The summed E-state index contributed by atoms with van der Waals surface area (Å²) < 4.78 is 28.8. The van der Waals surface area contributed by atoms with Gasteiger partial charge in [-0.2, -0.15) is 4.31 Å². The summed E-state index contributed by atoms with van der Waals surface area (Å²) in [6.45, 7) is 8.50. The molecule has 1 saturated heterocycles. The number of sulfonamides is 1. The lowest BCUT2D eigenvalue weighted by atomic mass is 9.70. The fourth-order valence-electron chi connectivity index (χ4n) is 5.26. The minimum absolute atomic E-state index is 0.0582. The molecule has 1 aliphatic carbocycles. The van der Waals surface area contributed by atoms with E-state index in [0.29, 0.717) is 31.5 Å². The summed E-state index contributed by atoms with van der Waals surface area (Å²) in [6, 6.07) is 12.4. The van der Waals surface area contributed by atoms with E-state index in [9.17, 15) is 18.0 Å². The van der Waals surface area contributed by atoms with E-state index in [1.807, 2.05) is 0 Å². The molecule has 8 heteroatoms. The first-order valence-electron chi connectivity index (χ1n) is 12.5. The van der Waals surface area contributed by atoms with E-state index in [4.69, 9.17) is 0 Å². The van der Waals surface area contributed by atoms with Crippen molar-refractivity contribution < 1.29 is 18.0 Å². The Bertz CT molecular complexity index is 1250. The highest BCUT2D eigenvalue weighted by Crippen LogP contribution is 2.46. The number of aryl methyl sites for hydroxylation is 2. The molecule has 1 aliphatic heterocycles. The molecule has 0 aromatic heterocycles. The van der Waals surface area contributed by atoms with Crippen LogP contribution in [0.25, 0.3) is 0 Å². The molecule has 2 fully saturated rings. The first kappa shape index (κ1) is 26.1. The maximum absolute atomic E-state index is 13.6. The van der Waals surface area contributed by atoms with Crippen molar-refractivity contribution in [3.05, 3.63) is 77.4 Å². The minimum Gasteiger partial charge on any atom is -0.352 e. The van der Waals surface area contributed by atoms with Crippen LogP contribution in [0.3, 0.4) is 0 Å². The van der Waals surface area contributed by atoms with E-state index in [0.717, 1.165) is 31.2 Å². The van der Waals surface area contributed by atoms with E-state index in [1.54, 1.807) is 16.4 Å². The molecule has 2 aromatic rings. The van der Waals surface area contributed by atoms with E-state index in [-0.39, 0.29) is 22.8 Å². The molecule has 1 atom stereocenters. The van der Waals surface area contributed by atoms with Crippen LogP contribution in [-0.2, 0) is 21.2 Å². The average molecular weight is 510 g/mol. The Balaban J connectivity index is 1.39. The van der Waals surface area contributed by atoms with Gasteiger partial charge in [0.15, 0.2) is 0 Å². The molecular formula is C28H35N3O4S. The van der Waals surface area contributed by atoms with Crippen LogP contribution in [0.15, 0.2) is 60.0 Å². The Labute approximate surface area is 214 Å². The van der Waals surface area contributed by atoms with Crippen LogP contribution in [-0.4, -0.2) is 49.2 Å². The Morgan fingerprint density at radius 3 is 2.44 bits per heavy atom. The zero-order chi connectivity index (χ0) is 25.9. The van der Waals surface area contributed by atoms with Gasteiger partial charge in [-0.05, 0) is 99.4 Å². The molecule has 1 unspecified atom stereocenters. The van der Waals surface area contributed by atoms with Crippen molar-refractivity contribution in [3.8, 4) is 0 Å². The molecule has 36 heavy (non-hydrogen) atoms. The highest BCUT2D eigenvalue weighted by Gasteiger charge is 2.51. The molecule has 0 bridgehead atoms. The highest BCUT2D eigenvalue weighted by molar-refractivity contribution is 7.89. The van der Waals surface area contributed by atoms with E-state index < -0.39 is 15.6 Å². The third kappa shape index (κ3) is 5.39. The topological polar surface area (TPSA) is 95.6 Å². The predicted octanol–water partition coefficient (Wildman–Crippen LogP) is 3.65. The lowest BCUT2D eigenvalue weighted by molar-refractivity contribution is -0.117. The SMILES string of the molecule is C=CC(=O)NC1CCN(S(=O)(=O)c2ccc(C(=O)NCCc3ccc(C)c(C)c3)cc2)C2(CCC2)C1. The number of carbonyl (C=O) groups is 2. The van der Waals surface area contributed by atoms with E-state index in [1.165, 1.54) is 29.3 Å². The van der Waals surface area contributed by atoms with Gasteiger partial charge in [0, 0.05) is 30.2 Å². The Morgan fingerprint density at radius 2 is 1.83 bits per heavy atom. The van der Waals surface area contributed by atoms with Crippen molar-refractivity contribution >= 4 is 21.8 Å². The molecule has 1 heterocycles. The first-order chi connectivity index (χ1) is 17.1. The van der Waals surface area contributed by atoms with Gasteiger partial charge in [0.05, 0.1) is 4.90 Å². The van der Waals surface area contributed by atoms with Crippen LogP contribution in [0.5, 0.6) is 0 Å². The maximum Gasteiger partial charge on any atom is 0.251 e. The largest absolute Gasteiger partial charge is 0.352 e. The van der Waals surface area contributed by atoms with Crippen LogP contribution in [0, 0.1) is 13.8 Å². The van der Waals surface area contributed by atoms with Gasteiger partial charge in [-0.25, -0.2) is 8.42 Å². The monoisotopic (exact) mass is 509 g/mol. The normalized spacial score (nSPS) is 19.3. The van der Waals surface area contributed by atoms with Crippen molar-refractivity contribution in [2.75, 3.05) is 13.1 Å². The second kappa shape index (κ2) is 10.6. The maximum atomic E-state index is 13.6. The van der Waals surface area contributed by atoms with Crippen molar-refractivity contribution in [3.63, 3.8) is 0 Å². The van der Waals surface area contributed by atoms with Gasteiger partial charge in [-0.3, -0.25) is 9.59 Å². The number of hydrogen-bond donors (Lipinski definition) is 2. The summed E-state index contributed by atoms with van der Waals surface area (Å²) in [5.41, 5.74) is 3.60. The number of nitrogens with one attached hydrogen (secondary N) is 2. The first-order valence-corrected chi connectivity index (χ1v) is 14.0. The third-order valence-electron chi connectivity index (χ3n) is 7.63. The molecule has 2 aliphatic rings. The summed E-state index contributed by atoms with van der Waals surface area (Å²) in [4.78, 5) is 24.6. The number of piperidine rings is 1. The summed E-state index contributed by atoms with van der Waals surface area (Å²) in [5.74, 6) is -0.453. The van der Waals surface area contributed by atoms with Crippen LogP contribution < -0.4 is 10.6 Å². The van der Waals surface area contributed by atoms with E-state index >= 15 is 0 Å². The number of hydrogen-bond acceptors (Lipinski definition) is 4. The molecule has 192 valence electrons. The van der Waals surface area contributed by atoms with Gasteiger partial charge in [0.25, 0.3) is 5.91 Å². The predicted molar refractivity (Wildman–Crippen MR) is 140 cm³/mol. The number of rotatable bonds is 8. The molecule has 4 rings (SSSR count). The van der Waals surface area contributed by atoms with Gasteiger partial charge in [0.2, 0.25) is 15.9 Å². The third-order valence-corrected chi connectivity index (χ3v) is 9.65. The smallest absolute Gasteiger partial charge is 0.251 e. The molecule has 2 N–H and O–H groups in total. The fraction of sp³-hybridized carbons (Fsp3) is 0.429. The van der Waals surface area contributed by atoms with Crippen LogP contribution >= 0.6 is 0 Å². The zero-order valence-electron chi connectivity index (χ0n) is 21.0. The summed E-state index contributed by atoms with van der Waals surface area (Å²) in [5, 5.41) is 5.85. The number of amides is 2. The Kier molecular flexibility index (Phi) is 7.66. The number of nitrogens with zero attached hydrogens (tertiary/aromatic N) is 1. The van der Waals surface area contributed by atoms with E-state index in [2.05, 4.69) is 49.3 Å².